The molecule has 3 aromatic rings. The number of aromatic nitrogens is 2. The first-order valence-corrected chi connectivity index (χ1v) is 9.98. The molecule has 2 N–H and O–H groups in total. The van der Waals surface area contributed by atoms with Gasteiger partial charge in [0.05, 0.1) is 23.3 Å². The summed E-state index contributed by atoms with van der Waals surface area (Å²) < 4.78 is 0. The molecule has 0 spiro atoms. The molecule has 1 unspecified atom stereocenters. The number of carbonyl (C=O) groups is 1. The number of nitrogens with zero attached hydrogens (tertiary/aromatic N) is 3. The van der Waals surface area contributed by atoms with Crippen molar-refractivity contribution < 1.29 is 4.79 Å². The first-order chi connectivity index (χ1) is 14.1. The molecule has 0 fully saturated rings. The Bertz CT molecular complexity index is 1010. The summed E-state index contributed by atoms with van der Waals surface area (Å²) in [5.74, 6) is 0.681. The van der Waals surface area contributed by atoms with Crippen LogP contribution in [0.15, 0.2) is 60.9 Å². The lowest BCUT2D eigenvalue weighted by Gasteiger charge is -2.23. The number of nitrogens with one attached hydrogen (secondary N) is 2. The molecule has 1 aliphatic rings. The van der Waals surface area contributed by atoms with Crippen molar-refractivity contribution in [1.29, 1.82) is 0 Å². The van der Waals surface area contributed by atoms with Gasteiger partial charge in [0.2, 0.25) is 0 Å². The molecule has 4 rings (SSSR count). The highest BCUT2D eigenvalue weighted by Crippen LogP contribution is 2.32. The van der Waals surface area contributed by atoms with Gasteiger partial charge in [-0.05, 0) is 48.4 Å². The summed E-state index contributed by atoms with van der Waals surface area (Å²) >= 11 is 6.16. The van der Waals surface area contributed by atoms with Crippen molar-refractivity contribution in [3.05, 3.63) is 77.2 Å². The Balaban J connectivity index is 1.65. The number of amides is 2. The van der Waals surface area contributed by atoms with Crippen LogP contribution >= 0.6 is 11.6 Å². The molecule has 148 valence electrons. The first kappa shape index (κ1) is 19.2. The van der Waals surface area contributed by atoms with Crippen LogP contribution < -0.4 is 15.5 Å². The lowest BCUT2D eigenvalue weighted by atomic mass is 9.97. The third kappa shape index (κ3) is 4.32. The van der Waals surface area contributed by atoms with E-state index in [0.717, 1.165) is 29.9 Å². The van der Waals surface area contributed by atoms with Crippen LogP contribution in [0.1, 0.15) is 30.5 Å². The quantitative estimate of drug-likeness (QED) is 0.631. The standard InChI is InChI=1S/C22H22ClN5O/c1-15(16-5-2-6-17(23)13-16)19-8-9-20-21(27-19)28(12-4-11-25-20)22(29)26-18-7-3-10-24-14-18/h2-3,5-10,13-15,25H,4,11-12H2,1H3,(H,26,29). The average Bonchev–Trinajstić information content (AvgIpc) is 2.96. The second kappa shape index (κ2) is 8.49. The van der Waals surface area contributed by atoms with E-state index < -0.39 is 0 Å². The molecule has 0 saturated heterocycles. The number of rotatable bonds is 3. The summed E-state index contributed by atoms with van der Waals surface area (Å²) in [6.07, 6.45) is 4.13. The van der Waals surface area contributed by atoms with Crippen molar-refractivity contribution in [1.82, 2.24) is 9.97 Å². The molecular weight excluding hydrogens is 386 g/mol. The van der Waals surface area contributed by atoms with Crippen LogP contribution in [-0.2, 0) is 0 Å². The number of carbonyl (C=O) groups excluding carboxylic acids is 1. The number of halogens is 1. The maximum Gasteiger partial charge on any atom is 0.327 e. The van der Waals surface area contributed by atoms with Crippen LogP contribution in [0, 0.1) is 0 Å². The third-order valence-electron chi connectivity index (χ3n) is 4.98. The zero-order valence-electron chi connectivity index (χ0n) is 16.1. The Morgan fingerprint density at radius 2 is 2.14 bits per heavy atom. The monoisotopic (exact) mass is 407 g/mol. The molecule has 0 radical (unpaired) electrons. The zero-order chi connectivity index (χ0) is 20.2. The predicted octanol–water partition coefficient (Wildman–Crippen LogP) is 5.14. The van der Waals surface area contributed by atoms with Crippen LogP contribution in [0.4, 0.5) is 22.0 Å². The van der Waals surface area contributed by atoms with E-state index in [4.69, 9.17) is 16.6 Å². The average molecular weight is 408 g/mol. The summed E-state index contributed by atoms with van der Waals surface area (Å²) in [6, 6.07) is 15.2. The first-order valence-electron chi connectivity index (χ1n) is 9.60. The SMILES string of the molecule is CC(c1cccc(Cl)c1)c1ccc2c(n1)N(C(=O)Nc1cccnc1)CCCN2. The Morgan fingerprint density at radius 1 is 1.24 bits per heavy atom. The van der Waals surface area contributed by atoms with E-state index >= 15 is 0 Å². The Labute approximate surface area is 174 Å². The summed E-state index contributed by atoms with van der Waals surface area (Å²) in [4.78, 5) is 23.6. The number of benzene rings is 1. The number of hydrogen-bond donors (Lipinski definition) is 2. The molecule has 0 saturated carbocycles. The van der Waals surface area contributed by atoms with Gasteiger partial charge >= 0.3 is 6.03 Å². The molecule has 1 atom stereocenters. The highest BCUT2D eigenvalue weighted by molar-refractivity contribution is 6.30. The van der Waals surface area contributed by atoms with Crippen LogP contribution in [0.5, 0.6) is 0 Å². The topological polar surface area (TPSA) is 70.2 Å². The smallest absolute Gasteiger partial charge is 0.327 e. The minimum absolute atomic E-state index is 0.0467. The van der Waals surface area contributed by atoms with Crippen LogP contribution in [-0.4, -0.2) is 29.1 Å². The van der Waals surface area contributed by atoms with Gasteiger partial charge < -0.3 is 10.6 Å². The normalized spacial score (nSPS) is 14.3. The summed E-state index contributed by atoms with van der Waals surface area (Å²) in [5, 5.41) is 6.98. The van der Waals surface area contributed by atoms with Crippen molar-refractivity contribution in [3.8, 4) is 0 Å². The van der Waals surface area contributed by atoms with Gasteiger partial charge in [0.25, 0.3) is 0 Å². The van der Waals surface area contributed by atoms with Gasteiger partial charge in [0.15, 0.2) is 5.82 Å². The van der Waals surface area contributed by atoms with E-state index in [9.17, 15) is 4.79 Å². The summed E-state index contributed by atoms with van der Waals surface area (Å²) in [6.45, 7) is 3.45. The van der Waals surface area contributed by atoms with Gasteiger partial charge in [-0.3, -0.25) is 9.88 Å². The van der Waals surface area contributed by atoms with E-state index in [1.54, 1.807) is 23.4 Å². The maximum absolute atomic E-state index is 13.0. The number of fused-ring (bicyclic) bond motifs is 1. The third-order valence-corrected chi connectivity index (χ3v) is 5.21. The second-order valence-electron chi connectivity index (χ2n) is 6.99. The predicted molar refractivity (Wildman–Crippen MR) is 117 cm³/mol. The van der Waals surface area contributed by atoms with E-state index in [0.29, 0.717) is 23.1 Å². The minimum atomic E-state index is -0.219. The number of anilines is 3. The molecule has 0 bridgehead atoms. The molecule has 7 heteroatoms. The Kier molecular flexibility index (Phi) is 5.62. The summed E-state index contributed by atoms with van der Waals surface area (Å²) in [5.41, 5.74) is 3.47. The number of urea groups is 1. The Morgan fingerprint density at radius 3 is 2.93 bits per heavy atom. The highest BCUT2D eigenvalue weighted by atomic mass is 35.5. The molecule has 1 aromatic carbocycles. The number of pyridine rings is 2. The van der Waals surface area contributed by atoms with Gasteiger partial charge in [-0.1, -0.05) is 30.7 Å². The van der Waals surface area contributed by atoms with Crippen LogP contribution in [0.2, 0.25) is 5.02 Å². The van der Waals surface area contributed by atoms with Crippen LogP contribution in [0.25, 0.3) is 0 Å². The molecule has 1 aliphatic heterocycles. The van der Waals surface area contributed by atoms with Crippen molar-refractivity contribution in [2.75, 3.05) is 28.6 Å². The van der Waals surface area contributed by atoms with E-state index in [1.807, 2.05) is 42.5 Å². The fourth-order valence-corrected chi connectivity index (χ4v) is 3.58. The molecule has 0 aliphatic carbocycles. The minimum Gasteiger partial charge on any atom is -0.382 e. The molecular formula is C22H22ClN5O. The van der Waals surface area contributed by atoms with Crippen molar-refractivity contribution >= 4 is 34.8 Å². The second-order valence-corrected chi connectivity index (χ2v) is 7.42. The van der Waals surface area contributed by atoms with Crippen molar-refractivity contribution in [3.63, 3.8) is 0 Å². The van der Waals surface area contributed by atoms with Gasteiger partial charge in [0.1, 0.15) is 0 Å². The van der Waals surface area contributed by atoms with Gasteiger partial charge in [-0.2, -0.15) is 0 Å². The van der Waals surface area contributed by atoms with E-state index in [2.05, 4.69) is 22.5 Å². The lowest BCUT2D eigenvalue weighted by molar-refractivity contribution is 0.257. The molecule has 6 nitrogen and oxygen atoms in total. The largest absolute Gasteiger partial charge is 0.382 e. The van der Waals surface area contributed by atoms with Crippen molar-refractivity contribution in [2.24, 2.45) is 0 Å². The molecule has 2 amide bonds. The Hall–Kier alpha value is -3.12. The molecule has 3 heterocycles. The fourth-order valence-electron chi connectivity index (χ4n) is 3.39. The van der Waals surface area contributed by atoms with Crippen LogP contribution in [0.3, 0.4) is 0 Å². The summed E-state index contributed by atoms with van der Waals surface area (Å²) in [7, 11) is 0. The zero-order valence-corrected chi connectivity index (χ0v) is 16.9. The van der Waals surface area contributed by atoms with E-state index in [-0.39, 0.29) is 11.9 Å². The maximum atomic E-state index is 13.0. The van der Waals surface area contributed by atoms with E-state index in [1.165, 1.54) is 0 Å². The van der Waals surface area contributed by atoms with Gasteiger partial charge in [0, 0.05) is 30.2 Å². The fraction of sp³-hybridized carbons (Fsp3) is 0.227. The molecule has 29 heavy (non-hydrogen) atoms. The highest BCUT2D eigenvalue weighted by Gasteiger charge is 2.24. The van der Waals surface area contributed by atoms with Gasteiger partial charge in [-0.15, -0.1) is 0 Å². The van der Waals surface area contributed by atoms with Gasteiger partial charge in [-0.25, -0.2) is 9.78 Å². The lowest BCUT2D eigenvalue weighted by Crippen LogP contribution is -2.36. The number of hydrogen-bond acceptors (Lipinski definition) is 4. The molecule has 2 aromatic heterocycles. The van der Waals surface area contributed by atoms with Crippen molar-refractivity contribution in [2.45, 2.75) is 19.3 Å².